The summed E-state index contributed by atoms with van der Waals surface area (Å²) < 4.78 is 2.05. The van der Waals surface area contributed by atoms with Gasteiger partial charge in [0.25, 0.3) is 0 Å². The summed E-state index contributed by atoms with van der Waals surface area (Å²) in [6.45, 7) is 2.54. The smallest absolute Gasteiger partial charge is 0.161 e. The fraction of sp³-hybridized carbons (Fsp3) is 0.312. The van der Waals surface area contributed by atoms with Crippen molar-refractivity contribution in [2.45, 2.75) is 19.8 Å². The Morgan fingerprint density at radius 2 is 2.15 bits per heavy atom. The summed E-state index contributed by atoms with van der Waals surface area (Å²) in [5.41, 5.74) is 2.83. The second kappa shape index (κ2) is 6.73. The van der Waals surface area contributed by atoms with Gasteiger partial charge in [-0.2, -0.15) is 0 Å². The molecule has 1 N–H and O–H groups in total. The Balaban J connectivity index is 2.39. The van der Waals surface area contributed by atoms with Gasteiger partial charge < -0.3 is 9.88 Å². The van der Waals surface area contributed by atoms with E-state index in [1.807, 2.05) is 43.6 Å². The minimum absolute atomic E-state index is 0.102. The van der Waals surface area contributed by atoms with Crippen LogP contribution in [0.1, 0.15) is 29.4 Å². The molecule has 0 saturated heterocycles. The standard InChI is InChI=1S/C16H19ClN2O/c1-12(20)15-8-10-19(16(15)7-4-9-18-2)14-6-3-5-13(17)11-14/h3,5-6,8,10-11,18H,4,7,9H2,1-2H3. The molecule has 2 rings (SSSR count). The zero-order valence-electron chi connectivity index (χ0n) is 11.8. The summed E-state index contributed by atoms with van der Waals surface area (Å²) in [5.74, 6) is 0.102. The van der Waals surface area contributed by atoms with Gasteiger partial charge in [0.1, 0.15) is 0 Å². The molecular formula is C16H19ClN2O. The van der Waals surface area contributed by atoms with Gasteiger partial charge in [0.15, 0.2) is 5.78 Å². The topological polar surface area (TPSA) is 34.0 Å². The number of aromatic nitrogens is 1. The number of benzene rings is 1. The van der Waals surface area contributed by atoms with Crippen LogP contribution in [-0.2, 0) is 6.42 Å². The maximum atomic E-state index is 11.8. The number of carbonyl (C=O) groups excluding carboxylic acids is 1. The summed E-state index contributed by atoms with van der Waals surface area (Å²) in [5, 5.41) is 3.83. The second-order valence-electron chi connectivity index (χ2n) is 4.79. The molecule has 106 valence electrons. The molecule has 0 atom stereocenters. The van der Waals surface area contributed by atoms with Crippen LogP contribution in [0.4, 0.5) is 0 Å². The van der Waals surface area contributed by atoms with Crippen LogP contribution in [0.5, 0.6) is 0 Å². The number of halogens is 1. The molecule has 4 heteroatoms. The third kappa shape index (κ3) is 3.30. The number of carbonyl (C=O) groups is 1. The fourth-order valence-electron chi connectivity index (χ4n) is 2.34. The van der Waals surface area contributed by atoms with Gasteiger partial charge in [-0.25, -0.2) is 0 Å². The van der Waals surface area contributed by atoms with Crippen molar-refractivity contribution in [3.05, 3.63) is 52.8 Å². The van der Waals surface area contributed by atoms with Crippen molar-refractivity contribution < 1.29 is 4.79 Å². The molecule has 1 aromatic heterocycles. The molecule has 2 aromatic rings. The van der Waals surface area contributed by atoms with Crippen LogP contribution in [0, 0.1) is 0 Å². The number of nitrogens with one attached hydrogen (secondary N) is 1. The first kappa shape index (κ1) is 14.8. The maximum Gasteiger partial charge on any atom is 0.161 e. The van der Waals surface area contributed by atoms with E-state index >= 15 is 0 Å². The van der Waals surface area contributed by atoms with Crippen molar-refractivity contribution in [1.82, 2.24) is 9.88 Å². The monoisotopic (exact) mass is 290 g/mol. The Labute approximate surface area is 124 Å². The Hall–Kier alpha value is -1.58. The van der Waals surface area contributed by atoms with Crippen molar-refractivity contribution in [2.24, 2.45) is 0 Å². The molecule has 1 heterocycles. The van der Waals surface area contributed by atoms with Gasteiger partial charge in [0.05, 0.1) is 0 Å². The SMILES string of the molecule is CNCCCc1c(C(C)=O)ccn1-c1cccc(Cl)c1. The lowest BCUT2D eigenvalue weighted by atomic mass is 10.1. The Kier molecular flexibility index (Phi) is 4.99. The molecule has 0 bridgehead atoms. The summed E-state index contributed by atoms with van der Waals surface area (Å²) in [6.07, 6.45) is 3.79. The number of ketones is 1. The van der Waals surface area contributed by atoms with Gasteiger partial charge in [-0.3, -0.25) is 4.79 Å². The Morgan fingerprint density at radius 1 is 1.35 bits per heavy atom. The van der Waals surface area contributed by atoms with E-state index in [1.165, 1.54) is 0 Å². The maximum absolute atomic E-state index is 11.8. The third-order valence-corrected chi connectivity index (χ3v) is 3.53. The zero-order valence-corrected chi connectivity index (χ0v) is 12.6. The molecule has 0 spiro atoms. The molecular weight excluding hydrogens is 272 g/mol. The first-order chi connectivity index (χ1) is 9.63. The normalized spacial score (nSPS) is 10.8. The van der Waals surface area contributed by atoms with Crippen molar-refractivity contribution in [3.63, 3.8) is 0 Å². The van der Waals surface area contributed by atoms with Gasteiger partial charge >= 0.3 is 0 Å². The van der Waals surface area contributed by atoms with E-state index in [0.717, 1.165) is 36.3 Å². The summed E-state index contributed by atoms with van der Waals surface area (Å²) in [4.78, 5) is 11.8. The predicted molar refractivity (Wildman–Crippen MR) is 83.0 cm³/mol. The summed E-state index contributed by atoms with van der Waals surface area (Å²) >= 11 is 6.05. The minimum atomic E-state index is 0.102. The van der Waals surface area contributed by atoms with E-state index in [9.17, 15) is 4.79 Å². The molecule has 20 heavy (non-hydrogen) atoms. The van der Waals surface area contributed by atoms with Crippen LogP contribution in [0.2, 0.25) is 5.02 Å². The number of hydrogen-bond donors (Lipinski definition) is 1. The average molecular weight is 291 g/mol. The minimum Gasteiger partial charge on any atom is -0.320 e. The Morgan fingerprint density at radius 3 is 2.80 bits per heavy atom. The van der Waals surface area contributed by atoms with E-state index in [2.05, 4.69) is 9.88 Å². The fourth-order valence-corrected chi connectivity index (χ4v) is 2.53. The lowest BCUT2D eigenvalue weighted by molar-refractivity contribution is 0.101. The van der Waals surface area contributed by atoms with Gasteiger partial charge in [-0.1, -0.05) is 17.7 Å². The first-order valence-corrected chi connectivity index (χ1v) is 7.13. The van der Waals surface area contributed by atoms with E-state index in [1.54, 1.807) is 6.92 Å². The molecule has 0 aliphatic rings. The first-order valence-electron chi connectivity index (χ1n) is 6.75. The third-order valence-electron chi connectivity index (χ3n) is 3.30. The molecule has 0 radical (unpaired) electrons. The second-order valence-corrected chi connectivity index (χ2v) is 5.23. The highest BCUT2D eigenvalue weighted by Crippen LogP contribution is 2.21. The van der Waals surface area contributed by atoms with Crippen LogP contribution in [0.25, 0.3) is 5.69 Å². The average Bonchev–Trinajstić information content (AvgIpc) is 2.83. The number of Topliss-reactive ketones (excluding diaryl/α,β-unsaturated/α-hetero) is 1. The highest BCUT2D eigenvalue weighted by molar-refractivity contribution is 6.30. The van der Waals surface area contributed by atoms with E-state index in [4.69, 9.17) is 11.6 Å². The molecule has 0 aliphatic carbocycles. The largest absolute Gasteiger partial charge is 0.320 e. The zero-order chi connectivity index (χ0) is 14.5. The molecule has 1 aromatic carbocycles. The number of rotatable bonds is 6. The van der Waals surface area contributed by atoms with Crippen molar-refractivity contribution in [2.75, 3.05) is 13.6 Å². The van der Waals surface area contributed by atoms with E-state index in [0.29, 0.717) is 5.02 Å². The summed E-state index contributed by atoms with van der Waals surface area (Å²) in [6, 6.07) is 9.56. The van der Waals surface area contributed by atoms with Gasteiger partial charge in [0, 0.05) is 28.2 Å². The molecule has 0 fully saturated rings. The Bertz CT molecular complexity index is 604. The lowest BCUT2D eigenvalue weighted by Crippen LogP contribution is -2.11. The van der Waals surface area contributed by atoms with Crippen LogP contribution in [0.3, 0.4) is 0 Å². The van der Waals surface area contributed by atoms with Crippen LogP contribution < -0.4 is 5.32 Å². The van der Waals surface area contributed by atoms with Crippen LogP contribution in [-0.4, -0.2) is 23.9 Å². The summed E-state index contributed by atoms with van der Waals surface area (Å²) in [7, 11) is 1.93. The molecule has 0 unspecified atom stereocenters. The van der Waals surface area contributed by atoms with Gasteiger partial charge in [0.2, 0.25) is 0 Å². The van der Waals surface area contributed by atoms with Crippen molar-refractivity contribution in [3.8, 4) is 5.69 Å². The molecule has 3 nitrogen and oxygen atoms in total. The highest BCUT2D eigenvalue weighted by atomic mass is 35.5. The van der Waals surface area contributed by atoms with Crippen molar-refractivity contribution in [1.29, 1.82) is 0 Å². The molecule has 0 saturated carbocycles. The van der Waals surface area contributed by atoms with Gasteiger partial charge in [-0.15, -0.1) is 0 Å². The molecule has 0 amide bonds. The lowest BCUT2D eigenvalue weighted by Gasteiger charge is -2.11. The predicted octanol–water partition coefficient (Wildman–Crippen LogP) is 3.49. The van der Waals surface area contributed by atoms with E-state index in [-0.39, 0.29) is 5.78 Å². The molecule has 0 aliphatic heterocycles. The van der Waals surface area contributed by atoms with Crippen LogP contribution >= 0.6 is 11.6 Å². The number of hydrogen-bond acceptors (Lipinski definition) is 2. The van der Waals surface area contributed by atoms with Gasteiger partial charge in [-0.05, 0) is 57.6 Å². The number of nitrogens with zero attached hydrogens (tertiary/aromatic N) is 1. The highest BCUT2D eigenvalue weighted by Gasteiger charge is 2.13. The van der Waals surface area contributed by atoms with Crippen molar-refractivity contribution >= 4 is 17.4 Å². The van der Waals surface area contributed by atoms with Crippen LogP contribution in [0.15, 0.2) is 36.5 Å². The van der Waals surface area contributed by atoms with E-state index < -0.39 is 0 Å². The quantitative estimate of drug-likeness (QED) is 0.653.